The van der Waals surface area contributed by atoms with Gasteiger partial charge in [0.05, 0.1) is 23.7 Å². The van der Waals surface area contributed by atoms with Crippen molar-refractivity contribution in [3.63, 3.8) is 0 Å². The number of hydrogen-bond donors (Lipinski definition) is 0. The van der Waals surface area contributed by atoms with E-state index in [9.17, 15) is 13.2 Å². The lowest BCUT2D eigenvalue weighted by Gasteiger charge is -2.30. The van der Waals surface area contributed by atoms with E-state index < -0.39 is 10.0 Å². The van der Waals surface area contributed by atoms with Crippen molar-refractivity contribution in [3.05, 3.63) is 84.2 Å². The van der Waals surface area contributed by atoms with Gasteiger partial charge in [0.1, 0.15) is 5.75 Å². The van der Waals surface area contributed by atoms with E-state index in [4.69, 9.17) is 4.74 Å². The van der Waals surface area contributed by atoms with Crippen molar-refractivity contribution in [2.45, 2.75) is 36.6 Å². The van der Waals surface area contributed by atoms with Gasteiger partial charge in [0.2, 0.25) is 0 Å². The second-order valence-electron chi connectivity index (χ2n) is 8.31. The minimum absolute atomic E-state index is 0.0157. The normalized spacial score (nSPS) is 16.5. The first-order valence-corrected chi connectivity index (χ1v) is 12.8. The molecule has 2 heterocycles. The second-order valence-corrected chi connectivity index (χ2v) is 10.3. The van der Waals surface area contributed by atoms with E-state index in [1.165, 1.54) is 30.6 Å². The highest BCUT2D eigenvalue weighted by Crippen LogP contribution is 2.33. The summed E-state index contributed by atoms with van der Waals surface area (Å²) in [7, 11) is -0.839. The Morgan fingerprint density at radius 1 is 1.00 bits per heavy atom. The van der Waals surface area contributed by atoms with Gasteiger partial charge in [-0.05, 0) is 66.9 Å². The van der Waals surface area contributed by atoms with Crippen molar-refractivity contribution >= 4 is 21.6 Å². The fraction of sp³-hybridized carbons (Fsp3) is 0.308. The Morgan fingerprint density at radius 3 is 2.41 bits per heavy atom. The molecule has 8 heteroatoms. The molecule has 0 spiro atoms. The number of hydrogen-bond acceptors (Lipinski definition) is 5. The van der Waals surface area contributed by atoms with E-state index in [1.807, 2.05) is 17.0 Å². The third-order valence-electron chi connectivity index (χ3n) is 6.29. The Kier molecular flexibility index (Phi) is 7.17. The van der Waals surface area contributed by atoms with Gasteiger partial charge in [-0.3, -0.25) is 14.1 Å². The van der Waals surface area contributed by atoms with Gasteiger partial charge >= 0.3 is 0 Å². The fourth-order valence-electron chi connectivity index (χ4n) is 4.40. The Balaban J connectivity index is 1.59. The zero-order chi connectivity index (χ0) is 24.1. The second kappa shape index (κ2) is 10.3. The van der Waals surface area contributed by atoms with Gasteiger partial charge in [0, 0.05) is 31.5 Å². The SMILES string of the molecule is COc1ccccc1N(C)S(=O)(=O)c1ccc(C(=O)N2CCCCCC2c2ccncc2)cc1. The molecule has 4 rings (SSSR count). The molecule has 0 radical (unpaired) electrons. The van der Waals surface area contributed by atoms with Gasteiger partial charge in [-0.25, -0.2) is 8.42 Å². The molecule has 0 aliphatic carbocycles. The lowest BCUT2D eigenvalue weighted by atomic mass is 10.0. The van der Waals surface area contributed by atoms with Crippen molar-refractivity contribution < 1.29 is 17.9 Å². The highest BCUT2D eigenvalue weighted by molar-refractivity contribution is 7.92. The third kappa shape index (κ3) is 4.77. The molecule has 1 amide bonds. The van der Waals surface area contributed by atoms with Crippen LogP contribution in [0.1, 0.15) is 47.6 Å². The number of carbonyl (C=O) groups is 1. The summed E-state index contributed by atoms with van der Waals surface area (Å²) in [5.41, 5.74) is 1.98. The molecule has 1 saturated heterocycles. The Hall–Kier alpha value is -3.39. The highest BCUT2D eigenvalue weighted by atomic mass is 32.2. The van der Waals surface area contributed by atoms with Crippen LogP contribution < -0.4 is 9.04 Å². The molecule has 0 saturated carbocycles. The number of sulfonamides is 1. The van der Waals surface area contributed by atoms with Crippen LogP contribution in [0.25, 0.3) is 0 Å². The smallest absolute Gasteiger partial charge is 0.264 e. The van der Waals surface area contributed by atoms with Crippen LogP contribution in [0.3, 0.4) is 0 Å². The van der Waals surface area contributed by atoms with Crippen LogP contribution in [-0.2, 0) is 10.0 Å². The highest BCUT2D eigenvalue weighted by Gasteiger charge is 2.29. The molecule has 0 bridgehead atoms. The standard InChI is InChI=1S/C26H29N3O4S/c1-28(24-9-5-6-10-25(24)33-2)34(31,32)22-13-11-21(12-14-22)26(30)29-19-7-3-4-8-23(29)20-15-17-27-18-16-20/h5-6,9-18,23H,3-4,7-8,19H2,1-2H3. The van der Waals surface area contributed by atoms with Gasteiger partial charge in [0.15, 0.2) is 0 Å². The zero-order valence-electron chi connectivity index (χ0n) is 19.4. The number of benzene rings is 2. The third-order valence-corrected chi connectivity index (χ3v) is 8.07. The fourth-order valence-corrected chi connectivity index (χ4v) is 5.60. The number of nitrogens with zero attached hydrogens (tertiary/aromatic N) is 3. The number of pyridine rings is 1. The van der Waals surface area contributed by atoms with Crippen LogP contribution in [0.2, 0.25) is 0 Å². The number of methoxy groups -OCH3 is 1. The maximum atomic E-state index is 13.5. The number of amides is 1. The lowest BCUT2D eigenvalue weighted by molar-refractivity contribution is 0.0680. The number of ether oxygens (including phenoxy) is 1. The molecule has 1 unspecified atom stereocenters. The predicted molar refractivity (Wildman–Crippen MR) is 132 cm³/mol. The van der Waals surface area contributed by atoms with Crippen molar-refractivity contribution in [2.24, 2.45) is 0 Å². The van der Waals surface area contributed by atoms with E-state index in [0.29, 0.717) is 23.5 Å². The summed E-state index contributed by atoms with van der Waals surface area (Å²) in [6.45, 7) is 0.669. The van der Waals surface area contributed by atoms with Gasteiger partial charge in [-0.1, -0.05) is 25.0 Å². The molecule has 2 aromatic carbocycles. The predicted octanol–water partition coefficient (Wildman–Crippen LogP) is 4.67. The number of likely N-dealkylation sites (tertiary alicyclic amines) is 1. The average Bonchev–Trinajstić information content (AvgIpc) is 3.14. The van der Waals surface area contributed by atoms with E-state index in [-0.39, 0.29) is 16.8 Å². The van der Waals surface area contributed by atoms with E-state index in [1.54, 1.807) is 48.8 Å². The molecule has 1 fully saturated rings. The van der Waals surface area contributed by atoms with Crippen LogP contribution in [0.4, 0.5) is 5.69 Å². The summed E-state index contributed by atoms with van der Waals surface area (Å²) in [5, 5.41) is 0. The molecular weight excluding hydrogens is 450 g/mol. The maximum Gasteiger partial charge on any atom is 0.264 e. The van der Waals surface area contributed by atoms with Crippen LogP contribution in [-0.4, -0.2) is 44.9 Å². The monoisotopic (exact) mass is 479 g/mol. The molecule has 1 aliphatic rings. The van der Waals surface area contributed by atoms with Crippen LogP contribution in [0.15, 0.2) is 78.0 Å². The summed E-state index contributed by atoms with van der Waals surface area (Å²) in [6.07, 6.45) is 7.48. The summed E-state index contributed by atoms with van der Waals surface area (Å²) < 4.78 is 33.0. The van der Waals surface area contributed by atoms with E-state index >= 15 is 0 Å². The lowest BCUT2D eigenvalue weighted by Crippen LogP contribution is -2.35. The van der Waals surface area contributed by atoms with E-state index in [0.717, 1.165) is 31.2 Å². The maximum absolute atomic E-state index is 13.5. The van der Waals surface area contributed by atoms with Gasteiger partial charge in [-0.15, -0.1) is 0 Å². The van der Waals surface area contributed by atoms with Crippen LogP contribution in [0, 0.1) is 0 Å². The van der Waals surface area contributed by atoms with Crippen molar-refractivity contribution in [3.8, 4) is 5.75 Å². The molecule has 3 aromatic rings. The summed E-state index contributed by atoms with van der Waals surface area (Å²) in [6, 6.07) is 17.0. The Morgan fingerprint density at radius 2 is 1.71 bits per heavy atom. The number of carbonyl (C=O) groups excluding carboxylic acids is 1. The quantitative estimate of drug-likeness (QED) is 0.513. The van der Waals surface area contributed by atoms with Crippen molar-refractivity contribution in [2.75, 3.05) is 25.0 Å². The Labute approximate surface area is 201 Å². The summed E-state index contributed by atoms with van der Waals surface area (Å²) in [4.78, 5) is 19.6. The van der Waals surface area contributed by atoms with Crippen LogP contribution >= 0.6 is 0 Å². The molecular formula is C26H29N3O4S. The van der Waals surface area contributed by atoms with Crippen LogP contribution in [0.5, 0.6) is 5.75 Å². The number of aromatic nitrogens is 1. The number of anilines is 1. The number of rotatable bonds is 6. The molecule has 0 N–H and O–H groups in total. The first kappa shape index (κ1) is 23.8. The first-order chi connectivity index (χ1) is 16.4. The molecule has 34 heavy (non-hydrogen) atoms. The molecule has 7 nitrogen and oxygen atoms in total. The first-order valence-electron chi connectivity index (χ1n) is 11.4. The average molecular weight is 480 g/mol. The minimum atomic E-state index is -3.83. The summed E-state index contributed by atoms with van der Waals surface area (Å²) in [5.74, 6) is 0.370. The Bertz CT molecular complexity index is 1230. The number of para-hydroxylation sites is 2. The van der Waals surface area contributed by atoms with Gasteiger partial charge in [0.25, 0.3) is 15.9 Å². The van der Waals surface area contributed by atoms with Crippen molar-refractivity contribution in [1.29, 1.82) is 0 Å². The molecule has 178 valence electrons. The minimum Gasteiger partial charge on any atom is -0.495 e. The van der Waals surface area contributed by atoms with Crippen molar-refractivity contribution in [1.82, 2.24) is 9.88 Å². The molecule has 1 atom stereocenters. The molecule has 1 aliphatic heterocycles. The van der Waals surface area contributed by atoms with Gasteiger partial charge in [-0.2, -0.15) is 0 Å². The summed E-state index contributed by atoms with van der Waals surface area (Å²) >= 11 is 0. The van der Waals surface area contributed by atoms with Gasteiger partial charge < -0.3 is 9.64 Å². The topological polar surface area (TPSA) is 79.8 Å². The molecule has 1 aromatic heterocycles. The zero-order valence-corrected chi connectivity index (χ0v) is 20.2. The van der Waals surface area contributed by atoms with E-state index in [2.05, 4.69) is 4.98 Å². The largest absolute Gasteiger partial charge is 0.495 e.